The lowest BCUT2D eigenvalue weighted by atomic mass is 9.85. The molecule has 0 atom stereocenters. The summed E-state index contributed by atoms with van der Waals surface area (Å²) < 4.78 is 10.8. The molecule has 1 aliphatic carbocycles. The number of Topliss-reactive ketones (excluding diaryl/α,β-unsaturated/α-hetero) is 2. The van der Waals surface area contributed by atoms with E-state index in [0.717, 1.165) is 12.5 Å². The second-order valence-electron chi connectivity index (χ2n) is 7.15. The Labute approximate surface area is 178 Å². The molecule has 0 spiro atoms. The summed E-state index contributed by atoms with van der Waals surface area (Å²) in [5.74, 6) is -2.83. The van der Waals surface area contributed by atoms with Gasteiger partial charge in [0.1, 0.15) is 5.75 Å². The fourth-order valence-electron chi connectivity index (χ4n) is 3.83. The number of carbonyl (C=O) groups excluding carboxylic acids is 4. The molecule has 0 saturated carbocycles. The summed E-state index contributed by atoms with van der Waals surface area (Å²) in [5.41, 5.74) is -0.503. The minimum absolute atomic E-state index is 0.00505. The molecule has 0 saturated heterocycles. The lowest BCUT2D eigenvalue weighted by Crippen LogP contribution is -2.43. The maximum atomic E-state index is 13.5. The molecule has 6 heteroatoms. The average molecular weight is 414 g/mol. The van der Waals surface area contributed by atoms with Gasteiger partial charge in [0, 0.05) is 25.0 Å². The molecule has 0 N–H and O–H groups in total. The molecular weight excluding hydrogens is 396 g/mol. The van der Waals surface area contributed by atoms with Crippen molar-refractivity contribution in [1.29, 1.82) is 0 Å². The van der Waals surface area contributed by atoms with Gasteiger partial charge in [-0.1, -0.05) is 60.7 Å². The maximum absolute atomic E-state index is 13.5. The average Bonchev–Trinajstić information content (AvgIpc) is 2.96. The molecule has 0 bridgehead atoms. The van der Waals surface area contributed by atoms with E-state index in [-0.39, 0.29) is 22.4 Å². The Hall–Kier alpha value is -4.06. The summed E-state index contributed by atoms with van der Waals surface area (Å²) in [4.78, 5) is 50.8. The number of benzene rings is 3. The maximum Gasteiger partial charge on any atom is 0.308 e. The Morgan fingerprint density at radius 2 is 1.29 bits per heavy atom. The Kier molecular flexibility index (Phi) is 4.99. The van der Waals surface area contributed by atoms with E-state index in [0.29, 0.717) is 5.56 Å². The van der Waals surface area contributed by atoms with Gasteiger partial charge in [-0.05, 0) is 23.3 Å². The molecule has 0 heterocycles. The first kappa shape index (κ1) is 20.2. The molecule has 0 unspecified atom stereocenters. The molecule has 6 nitrogen and oxygen atoms in total. The van der Waals surface area contributed by atoms with Crippen LogP contribution in [0.1, 0.15) is 40.1 Å². The van der Waals surface area contributed by atoms with E-state index < -0.39 is 29.1 Å². The van der Waals surface area contributed by atoms with Crippen LogP contribution in [0.5, 0.6) is 5.75 Å². The van der Waals surface area contributed by atoms with Crippen molar-refractivity contribution >= 4 is 23.5 Å². The highest BCUT2D eigenvalue weighted by Crippen LogP contribution is 2.45. The number of carbonyl (C=O) groups is 4. The van der Waals surface area contributed by atoms with E-state index in [1.165, 1.54) is 25.1 Å². The second-order valence-corrected chi connectivity index (χ2v) is 7.15. The Balaban J connectivity index is 2.01. The number of hydrogen-bond acceptors (Lipinski definition) is 6. The van der Waals surface area contributed by atoms with Crippen molar-refractivity contribution in [2.24, 2.45) is 0 Å². The highest BCUT2D eigenvalue weighted by atomic mass is 16.6. The van der Waals surface area contributed by atoms with Crippen LogP contribution in [0.3, 0.4) is 0 Å². The van der Waals surface area contributed by atoms with Crippen LogP contribution in [0.4, 0.5) is 0 Å². The largest absolute Gasteiger partial charge is 0.437 e. The molecule has 0 aliphatic heterocycles. The van der Waals surface area contributed by atoms with Gasteiger partial charge in [-0.15, -0.1) is 0 Å². The molecule has 154 valence electrons. The van der Waals surface area contributed by atoms with Gasteiger partial charge < -0.3 is 9.47 Å². The molecule has 3 aromatic carbocycles. The third-order valence-corrected chi connectivity index (χ3v) is 5.07. The molecule has 3 aromatic rings. The summed E-state index contributed by atoms with van der Waals surface area (Å²) in [7, 11) is 0. The van der Waals surface area contributed by atoms with E-state index in [1.54, 1.807) is 24.3 Å². The topological polar surface area (TPSA) is 86.7 Å². The predicted octanol–water partition coefficient (Wildman–Crippen LogP) is 4.12. The number of fused-ring (bicyclic) bond motifs is 1. The standard InChI is InChI=1S/C25H18O6/c1-15(26)30-22-13-12-18(17-8-4-3-5-9-17)14-21(22)25(31-16(2)27)23(28)19-10-6-7-11-20(19)24(25)29/h3-14H,1-2H3. The third-order valence-electron chi connectivity index (χ3n) is 5.07. The first-order valence-electron chi connectivity index (χ1n) is 9.61. The van der Waals surface area contributed by atoms with Crippen LogP contribution in [-0.2, 0) is 19.9 Å². The van der Waals surface area contributed by atoms with E-state index in [9.17, 15) is 19.2 Å². The van der Waals surface area contributed by atoms with E-state index in [2.05, 4.69) is 0 Å². The van der Waals surface area contributed by atoms with Crippen LogP contribution < -0.4 is 4.74 Å². The lowest BCUT2D eigenvalue weighted by Gasteiger charge is -2.28. The van der Waals surface area contributed by atoms with E-state index >= 15 is 0 Å². The molecule has 4 rings (SSSR count). The Morgan fingerprint density at radius 1 is 0.710 bits per heavy atom. The summed E-state index contributed by atoms with van der Waals surface area (Å²) in [6.45, 7) is 2.33. The van der Waals surface area contributed by atoms with Crippen molar-refractivity contribution in [3.63, 3.8) is 0 Å². The number of esters is 2. The lowest BCUT2D eigenvalue weighted by molar-refractivity contribution is -0.149. The monoisotopic (exact) mass is 414 g/mol. The minimum atomic E-state index is -2.27. The number of rotatable bonds is 4. The molecule has 0 radical (unpaired) electrons. The summed E-state index contributed by atoms with van der Waals surface area (Å²) >= 11 is 0. The quantitative estimate of drug-likeness (QED) is 0.363. The Bertz CT molecular complexity index is 1190. The Morgan fingerprint density at radius 3 is 1.84 bits per heavy atom. The first-order valence-corrected chi connectivity index (χ1v) is 9.61. The van der Waals surface area contributed by atoms with Gasteiger partial charge in [0.05, 0.1) is 5.56 Å². The number of ketones is 2. The van der Waals surface area contributed by atoms with Gasteiger partial charge in [-0.25, -0.2) is 0 Å². The van der Waals surface area contributed by atoms with Crippen LogP contribution in [-0.4, -0.2) is 23.5 Å². The van der Waals surface area contributed by atoms with Crippen molar-refractivity contribution in [2.45, 2.75) is 19.4 Å². The van der Waals surface area contributed by atoms with E-state index in [4.69, 9.17) is 9.47 Å². The molecule has 31 heavy (non-hydrogen) atoms. The highest BCUT2D eigenvalue weighted by molar-refractivity contribution is 6.33. The highest BCUT2D eigenvalue weighted by Gasteiger charge is 2.59. The van der Waals surface area contributed by atoms with Crippen LogP contribution in [0, 0.1) is 0 Å². The van der Waals surface area contributed by atoms with E-state index in [1.807, 2.05) is 30.3 Å². The van der Waals surface area contributed by atoms with Gasteiger partial charge >= 0.3 is 11.9 Å². The third kappa shape index (κ3) is 3.32. The molecular formula is C25H18O6. The van der Waals surface area contributed by atoms with Crippen molar-refractivity contribution in [3.05, 3.63) is 89.5 Å². The smallest absolute Gasteiger partial charge is 0.308 e. The second kappa shape index (κ2) is 7.65. The van der Waals surface area contributed by atoms with Crippen molar-refractivity contribution < 1.29 is 28.7 Å². The normalized spacial score (nSPS) is 14.1. The zero-order chi connectivity index (χ0) is 22.2. The summed E-state index contributed by atoms with van der Waals surface area (Å²) in [6, 6.07) is 20.3. The molecule has 1 aliphatic rings. The van der Waals surface area contributed by atoms with Crippen LogP contribution >= 0.6 is 0 Å². The predicted molar refractivity (Wildman–Crippen MR) is 112 cm³/mol. The summed E-state index contributed by atoms with van der Waals surface area (Å²) in [5, 5.41) is 0. The number of ether oxygens (including phenoxy) is 2. The van der Waals surface area contributed by atoms with Gasteiger partial charge in [0.2, 0.25) is 11.6 Å². The fraction of sp³-hybridized carbons (Fsp3) is 0.120. The van der Waals surface area contributed by atoms with Gasteiger partial charge in [0.15, 0.2) is 0 Å². The van der Waals surface area contributed by atoms with Crippen molar-refractivity contribution in [1.82, 2.24) is 0 Å². The molecule has 0 aromatic heterocycles. The van der Waals surface area contributed by atoms with Crippen LogP contribution in [0.2, 0.25) is 0 Å². The SMILES string of the molecule is CC(=O)Oc1ccc(-c2ccccc2)cc1C1(OC(C)=O)C(=O)c2ccccc2C1=O. The first-order chi connectivity index (χ1) is 14.8. The minimum Gasteiger partial charge on any atom is -0.437 e. The zero-order valence-electron chi connectivity index (χ0n) is 16.9. The van der Waals surface area contributed by atoms with Crippen LogP contribution in [0.25, 0.3) is 11.1 Å². The zero-order valence-corrected chi connectivity index (χ0v) is 16.9. The van der Waals surface area contributed by atoms with Gasteiger partial charge in [-0.2, -0.15) is 0 Å². The number of hydrogen-bond donors (Lipinski definition) is 0. The van der Waals surface area contributed by atoms with Gasteiger partial charge in [-0.3, -0.25) is 19.2 Å². The molecule has 0 amide bonds. The summed E-state index contributed by atoms with van der Waals surface area (Å²) in [6.07, 6.45) is 0. The van der Waals surface area contributed by atoms with Gasteiger partial charge in [0.25, 0.3) is 5.60 Å². The van der Waals surface area contributed by atoms with Crippen molar-refractivity contribution in [3.8, 4) is 16.9 Å². The molecule has 0 fully saturated rings. The fourth-order valence-corrected chi connectivity index (χ4v) is 3.83. The van der Waals surface area contributed by atoms with Crippen molar-refractivity contribution in [2.75, 3.05) is 0 Å². The van der Waals surface area contributed by atoms with Crippen LogP contribution in [0.15, 0.2) is 72.8 Å².